The van der Waals surface area contributed by atoms with E-state index in [4.69, 9.17) is 9.47 Å². The second kappa shape index (κ2) is 8.00. The summed E-state index contributed by atoms with van der Waals surface area (Å²) in [6.45, 7) is 1.97. The minimum absolute atomic E-state index is 0.368. The standard InChI is InChI=1S/C16H17IN2O3/c1-11(20)22-16-14(17)8-12(9-15(16)21-2)10-18-19-13-6-4-3-5-7-13/h3-9,18-19H,10H2,1-2H3. The van der Waals surface area contributed by atoms with Crippen molar-refractivity contribution in [3.63, 3.8) is 0 Å². The van der Waals surface area contributed by atoms with Gasteiger partial charge in [0, 0.05) is 19.2 Å². The number of hydrogen-bond acceptors (Lipinski definition) is 5. The Labute approximate surface area is 143 Å². The van der Waals surface area contributed by atoms with Crippen LogP contribution in [0.3, 0.4) is 0 Å². The highest BCUT2D eigenvalue weighted by molar-refractivity contribution is 14.1. The third-order valence-corrected chi connectivity index (χ3v) is 3.64. The molecule has 0 fully saturated rings. The van der Waals surface area contributed by atoms with Gasteiger partial charge in [-0.05, 0) is 52.4 Å². The van der Waals surface area contributed by atoms with E-state index in [1.807, 2.05) is 42.5 Å². The van der Waals surface area contributed by atoms with Gasteiger partial charge in [-0.1, -0.05) is 18.2 Å². The number of hydrogen-bond donors (Lipinski definition) is 2. The molecule has 0 saturated carbocycles. The van der Waals surface area contributed by atoms with Gasteiger partial charge in [-0.2, -0.15) is 0 Å². The SMILES string of the molecule is COc1cc(CNNc2ccccc2)cc(I)c1OC(C)=O. The second-order valence-corrected chi connectivity index (χ2v) is 5.71. The van der Waals surface area contributed by atoms with Crippen LogP contribution in [0.5, 0.6) is 11.5 Å². The van der Waals surface area contributed by atoms with Crippen LogP contribution < -0.4 is 20.3 Å². The molecule has 0 aliphatic carbocycles. The summed E-state index contributed by atoms with van der Waals surface area (Å²) in [4.78, 5) is 11.1. The molecule has 5 nitrogen and oxygen atoms in total. The molecule has 0 heterocycles. The number of carbonyl (C=O) groups excluding carboxylic acids is 1. The van der Waals surface area contributed by atoms with E-state index in [9.17, 15) is 4.79 Å². The first kappa shape index (κ1) is 16.6. The normalized spacial score (nSPS) is 10.1. The molecule has 116 valence electrons. The lowest BCUT2D eigenvalue weighted by Crippen LogP contribution is -2.21. The molecule has 2 rings (SSSR count). The summed E-state index contributed by atoms with van der Waals surface area (Å²) in [5.74, 6) is 0.627. The number of anilines is 1. The van der Waals surface area contributed by atoms with Crippen molar-refractivity contribution in [1.82, 2.24) is 5.43 Å². The molecule has 2 aromatic rings. The van der Waals surface area contributed by atoms with Gasteiger partial charge in [0.25, 0.3) is 0 Å². The number of hydrazine groups is 1. The summed E-state index contributed by atoms with van der Waals surface area (Å²) in [6.07, 6.45) is 0. The molecule has 0 radical (unpaired) electrons. The molecular weight excluding hydrogens is 395 g/mol. The van der Waals surface area contributed by atoms with Crippen molar-refractivity contribution in [2.24, 2.45) is 0 Å². The summed E-state index contributed by atoms with van der Waals surface area (Å²) in [7, 11) is 1.55. The Morgan fingerprint density at radius 1 is 1.23 bits per heavy atom. The molecule has 0 atom stereocenters. The first-order valence-electron chi connectivity index (χ1n) is 6.69. The molecule has 22 heavy (non-hydrogen) atoms. The van der Waals surface area contributed by atoms with Crippen molar-refractivity contribution in [2.45, 2.75) is 13.5 Å². The number of para-hydroxylation sites is 1. The van der Waals surface area contributed by atoms with Crippen LogP contribution in [0, 0.1) is 3.57 Å². The Bertz CT molecular complexity index is 647. The number of halogens is 1. The van der Waals surface area contributed by atoms with Crippen LogP contribution in [0.4, 0.5) is 5.69 Å². The molecule has 0 aromatic heterocycles. The van der Waals surface area contributed by atoms with E-state index in [0.717, 1.165) is 14.8 Å². The Morgan fingerprint density at radius 2 is 1.95 bits per heavy atom. The van der Waals surface area contributed by atoms with E-state index in [1.54, 1.807) is 7.11 Å². The minimum Gasteiger partial charge on any atom is -0.493 e. The zero-order valence-electron chi connectivity index (χ0n) is 12.4. The summed E-state index contributed by atoms with van der Waals surface area (Å²) >= 11 is 2.13. The first-order chi connectivity index (χ1) is 10.6. The first-order valence-corrected chi connectivity index (χ1v) is 7.76. The third kappa shape index (κ3) is 4.60. The number of methoxy groups -OCH3 is 1. The van der Waals surface area contributed by atoms with Crippen LogP contribution in [-0.4, -0.2) is 13.1 Å². The lowest BCUT2D eigenvalue weighted by atomic mass is 10.2. The number of carbonyl (C=O) groups is 1. The summed E-state index contributed by atoms with van der Waals surface area (Å²) in [6, 6.07) is 13.6. The highest BCUT2D eigenvalue weighted by Gasteiger charge is 2.13. The van der Waals surface area contributed by atoms with Gasteiger partial charge in [0.15, 0.2) is 11.5 Å². The predicted octanol–water partition coefficient (Wildman–Crippen LogP) is 3.34. The van der Waals surface area contributed by atoms with Gasteiger partial charge >= 0.3 is 5.97 Å². The average Bonchev–Trinajstić information content (AvgIpc) is 2.50. The molecule has 0 unspecified atom stereocenters. The predicted molar refractivity (Wildman–Crippen MR) is 93.9 cm³/mol. The maximum Gasteiger partial charge on any atom is 0.308 e. The van der Waals surface area contributed by atoms with Gasteiger partial charge in [-0.15, -0.1) is 0 Å². The van der Waals surface area contributed by atoms with Crippen LogP contribution in [0.15, 0.2) is 42.5 Å². The molecule has 2 N–H and O–H groups in total. The second-order valence-electron chi connectivity index (χ2n) is 4.55. The van der Waals surface area contributed by atoms with Crippen molar-refractivity contribution < 1.29 is 14.3 Å². The number of ether oxygens (including phenoxy) is 2. The molecule has 0 saturated heterocycles. The topological polar surface area (TPSA) is 59.6 Å². The van der Waals surface area contributed by atoms with Crippen LogP contribution in [-0.2, 0) is 11.3 Å². The largest absolute Gasteiger partial charge is 0.493 e. The van der Waals surface area contributed by atoms with Gasteiger partial charge in [-0.3, -0.25) is 4.79 Å². The molecule has 0 aliphatic heterocycles. The van der Waals surface area contributed by atoms with Gasteiger partial charge in [0.1, 0.15) is 0 Å². The summed E-state index contributed by atoms with van der Waals surface area (Å²) in [5.41, 5.74) is 8.26. The van der Waals surface area contributed by atoms with E-state index >= 15 is 0 Å². The molecule has 0 bridgehead atoms. The highest BCUT2D eigenvalue weighted by atomic mass is 127. The Kier molecular flexibility index (Phi) is 6.02. The van der Waals surface area contributed by atoms with Crippen molar-refractivity contribution in [1.29, 1.82) is 0 Å². The Hall–Kier alpha value is -1.80. The number of rotatable bonds is 6. The zero-order chi connectivity index (χ0) is 15.9. The fourth-order valence-corrected chi connectivity index (χ4v) is 2.66. The van der Waals surface area contributed by atoms with Gasteiger partial charge < -0.3 is 14.9 Å². The van der Waals surface area contributed by atoms with E-state index in [0.29, 0.717) is 18.0 Å². The molecule has 6 heteroatoms. The molecular formula is C16H17IN2O3. The van der Waals surface area contributed by atoms with Crippen molar-refractivity contribution in [3.8, 4) is 11.5 Å². The molecule has 0 aliphatic rings. The van der Waals surface area contributed by atoms with Crippen LogP contribution >= 0.6 is 22.6 Å². The van der Waals surface area contributed by atoms with Crippen LogP contribution in [0.1, 0.15) is 12.5 Å². The zero-order valence-corrected chi connectivity index (χ0v) is 14.5. The summed E-state index contributed by atoms with van der Waals surface area (Å²) in [5, 5.41) is 0. The average molecular weight is 412 g/mol. The fraction of sp³-hybridized carbons (Fsp3) is 0.188. The van der Waals surface area contributed by atoms with Crippen molar-refractivity contribution in [3.05, 3.63) is 51.6 Å². The minimum atomic E-state index is -0.368. The Morgan fingerprint density at radius 3 is 2.59 bits per heavy atom. The van der Waals surface area contributed by atoms with Crippen LogP contribution in [0.25, 0.3) is 0 Å². The smallest absolute Gasteiger partial charge is 0.308 e. The number of nitrogens with one attached hydrogen (secondary N) is 2. The quantitative estimate of drug-likeness (QED) is 0.330. The van der Waals surface area contributed by atoms with Crippen molar-refractivity contribution >= 4 is 34.2 Å². The van der Waals surface area contributed by atoms with E-state index < -0.39 is 0 Å². The molecule has 2 aromatic carbocycles. The molecule has 0 spiro atoms. The van der Waals surface area contributed by atoms with Gasteiger partial charge in [0.2, 0.25) is 0 Å². The lowest BCUT2D eigenvalue weighted by Gasteiger charge is -2.13. The van der Waals surface area contributed by atoms with E-state index in [-0.39, 0.29) is 5.97 Å². The monoisotopic (exact) mass is 412 g/mol. The van der Waals surface area contributed by atoms with E-state index in [1.165, 1.54) is 6.92 Å². The van der Waals surface area contributed by atoms with E-state index in [2.05, 4.69) is 33.4 Å². The summed E-state index contributed by atoms with van der Waals surface area (Å²) < 4.78 is 11.3. The Balaban J connectivity index is 2.05. The lowest BCUT2D eigenvalue weighted by molar-refractivity contribution is -0.132. The number of esters is 1. The maximum absolute atomic E-state index is 11.1. The van der Waals surface area contributed by atoms with Crippen molar-refractivity contribution in [2.75, 3.05) is 12.5 Å². The third-order valence-electron chi connectivity index (χ3n) is 2.83. The highest BCUT2D eigenvalue weighted by Crippen LogP contribution is 2.34. The van der Waals surface area contributed by atoms with Gasteiger partial charge in [0.05, 0.1) is 10.7 Å². The number of benzene rings is 2. The van der Waals surface area contributed by atoms with Crippen LogP contribution in [0.2, 0.25) is 0 Å². The maximum atomic E-state index is 11.1. The van der Waals surface area contributed by atoms with Gasteiger partial charge in [-0.25, -0.2) is 5.43 Å². The fourth-order valence-electron chi connectivity index (χ4n) is 1.89. The molecule has 0 amide bonds.